The highest BCUT2D eigenvalue weighted by molar-refractivity contribution is 14.0. The lowest BCUT2D eigenvalue weighted by atomic mass is 9.96. The summed E-state index contributed by atoms with van der Waals surface area (Å²) in [6.07, 6.45) is 0. The van der Waals surface area contributed by atoms with Crippen molar-refractivity contribution < 1.29 is 4.79 Å². The maximum atomic E-state index is 11.7. The van der Waals surface area contributed by atoms with Crippen molar-refractivity contribution in [3.8, 4) is 0 Å². The molecule has 0 aliphatic carbocycles. The zero-order chi connectivity index (χ0) is 17.6. The van der Waals surface area contributed by atoms with Crippen LogP contribution in [0.3, 0.4) is 0 Å². The summed E-state index contributed by atoms with van der Waals surface area (Å²) in [4.78, 5) is 15.9. The number of carbonyl (C=O) groups excluding carboxylic acids is 1. The van der Waals surface area contributed by atoms with Gasteiger partial charge in [0.05, 0.1) is 12.6 Å². The second-order valence-corrected chi connectivity index (χ2v) is 7.15. The Kier molecular flexibility index (Phi) is 9.99. The molecular weight excluding hydrogens is 462 g/mol. The maximum Gasteiger partial charge on any atom is 0.225 e. The van der Waals surface area contributed by atoms with Gasteiger partial charge >= 0.3 is 0 Å². The molecular formula is C16H25Cl2IN4O. The number of halogens is 3. The van der Waals surface area contributed by atoms with Crippen LogP contribution in [0, 0.1) is 5.41 Å². The van der Waals surface area contributed by atoms with Gasteiger partial charge in [-0.3, -0.25) is 9.79 Å². The van der Waals surface area contributed by atoms with Crippen molar-refractivity contribution in [1.82, 2.24) is 10.6 Å². The number of carbonyl (C=O) groups is 1. The van der Waals surface area contributed by atoms with E-state index >= 15 is 0 Å². The van der Waals surface area contributed by atoms with Gasteiger partial charge in [-0.25, -0.2) is 0 Å². The van der Waals surface area contributed by atoms with Crippen LogP contribution in [0.15, 0.2) is 23.2 Å². The summed E-state index contributed by atoms with van der Waals surface area (Å²) in [5.41, 5.74) is 6.33. The fraction of sp³-hybridized carbons (Fsp3) is 0.500. The topological polar surface area (TPSA) is 79.5 Å². The molecule has 24 heavy (non-hydrogen) atoms. The van der Waals surface area contributed by atoms with Crippen molar-refractivity contribution in [2.45, 2.75) is 33.7 Å². The maximum absolute atomic E-state index is 11.7. The van der Waals surface area contributed by atoms with Crippen molar-refractivity contribution >= 4 is 59.0 Å². The third-order valence-corrected chi connectivity index (χ3v) is 3.72. The first-order valence-electron chi connectivity index (χ1n) is 7.41. The molecule has 1 unspecified atom stereocenters. The highest BCUT2D eigenvalue weighted by Crippen LogP contribution is 2.25. The molecule has 0 spiro atoms. The average Bonchev–Trinajstić information content (AvgIpc) is 2.41. The molecule has 0 saturated carbocycles. The van der Waals surface area contributed by atoms with Crippen LogP contribution in [0.2, 0.25) is 10.0 Å². The number of guanidine groups is 1. The number of nitrogens with one attached hydrogen (secondary N) is 2. The van der Waals surface area contributed by atoms with Gasteiger partial charge in [-0.2, -0.15) is 0 Å². The number of aliphatic imine (C=N–C) groups is 1. The van der Waals surface area contributed by atoms with Crippen LogP contribution in [0.4, 0.5) is 0 Å². The van der Waals surface area contributed by atoms with Gasteiger partial charge in [-0.15, -0.1) is 24.0 Å². The van der Waals surface area contributed by atoms with Crippen LogP contribution in [0.5, 0.6) is 0 Å². The summed E-state index contributed by atoms with van der Waals surface area (Å²) in [5, 5.41) is 7.03. The predicted molar refractivity (Wildman–Crippen MR) is 112 cm³/mol. The first-order chi connectivity index (χ1) is 10.6. The molecule has 0 aliphatic rings. The van der Waals surface area contributed by atoms with E-state index < -0.39 is 5.41 Å². The molecule has 5 nitrogen and oxygen atoms in total. The quantitative estimate of drug-likeness (QED) is 0.256. The Morgan fingerprint density at radius 2 is 1.96 bits per heavy atom. The molecule has 8 heteroatoms. The fourth-order valence-corrected chi connectivity index (χ4v) is 2.38. The van der Waals surface area contributed by atoms with Crippen molar-refractivity contribution in [2.24, 2.45) is 16.1 Å². The molecule has 1 rings (SSSR count). The molecule has 0 aliphatic heterocycles. The average molecular weight is 487 g/mol. The molecule has 1 aromatic rings. The van der Waals surface area contributed by atoms with E-state index in [0.717, 1.165) is 5.56 Å². The molecule has 1 atom stereocenters. The zero-order valence-corrected chi connectivity index (χ0v) is 18.2. The molecule has 0 aromatic heterocycles. The van der Waals surface area contributed by atoms with Crippen LogP contribution in [0.1, 0.15) is 39.3 Å². The standard InChI is InChI=1S/C16H24Cl2N4O.HI/c1-10(12-6-5-11(17)9-13(12)18)22-15(19)21-8-7-20-14(23)16(2,3)4;/h5-6,9-10H,7-8H2,1-4H3,(H,20,23)(H3,19,21,22);1H. The minimum Gasteiger partial charge on any atom is -0.370 e. The number of amides is 1. The Morgan fingerprint density at radius 3 is 2.50 bits per heavy atom. The van der Waals surface area contributed by atoms with Gasteiger partial charge in [-0.05, 0) is 24.6 Å². The number of rotatable bonds is 5. The highest BCUT2D eigenvalue weighted by Gasteiger charge is 2.20. The van der Waals surface area contributed by atoms with Crippen molar-refractivity contribution in [1.29, 1.82) is 0 Å². The van der Waals surface area contributed by atoms with E-state index in [9.17, 15) is 4.79 Å². The minimum atomic E-state index is -0.409. The minimum absolute atomic E-state index is 0. The Balaban J connectivity index is 0.00000529. The molecule has 136 valence electrons. The van der Waals surface area contributed by atoms with Crippen LogP contribution < -0.4 is 16.4 Å². The van der Waals surface area contributed by atoms with E-state index in [4.69, 9.17) is 28.9 Å². The van der Waals surface area contributed by atoms with Crippen molar-refractivity contribution in [3.63, 3.8) is 0 Å². The van der Waals surface area contributed by atoms with Crippen LogP contribution in [0.25, 0.3) is 0 Å². The summed E-state index contributed by atoms with van der Waals surface area (Å²) in [6.45, 7) is 8.35. The number of hydrogen-bond acceptors (Lipinski definition) is 2. The van der Waals surface area contributed by atoms with Gasteiger partial charge in [-0.1, -0.05) is 50.0 Å². The fourth-order valence-electron chi connectivity index (χ4n) is 1.81. The second-order valence-electron chi connectivity index (χ2n) is 6.30. The molecule has 1 aromatic carbocycles. The summed E-state index contributed by atoms with van der Waals surface area (Å²) >= 11 is 12.0. The molecule has 0 heterocycles. The zero-order valence-electron chi connectivity index (χ0n) is 14.3. The monoisotopic (exact) mass is 486 g/mol. The predicted octanol–water partition coefficient (Wildman–Crippen LogP) is 3.74. The second kappa shape index (κ2) is 10.3. The number of benzene rings is 1. The van der Waals surface area contributed by atoms with Crippen molar-refractivity contribution in [2.75, 3.05) is 13.1 Å². The number of nitrogens with zero attached hydrogens (tertiary/aromatic N) is 1. The smallest absolute Gasteiger partial charge is 0.225 e. The van der Waals surface area contributed by atoms with E-state index in [1.165, 1.54) is 0 Å². The van der Waals surface area contributed by atoms with Crippen LogP contribution >= 0.6 is 47.2 Å². The van der Waals surface area contributed by atoms with E-state index in [1.54, 1.807) is 12.1 Å². The lowest BCUT2D eigenvalue weighted by Gasteiger charge is -2.18. The van der Waals surface area contributed by atoms with Gasteiger partial charge < -0.3 is 16.4 Å². The third kappa shape index (κ3) is 7.90. The van der Waals surface area contributed by atoms with Gasteiger partial charge in [0.2, 0.25) is 5.91 Å². The summed E-state index contributed by atoms with van der Waals surface area (Å²) in [6, 6.07) is 5.20. The lowest BCUT2D eigenvalue weighted by molar-refractivity contribution is -0.128. The normalized spacial score (nSPS) is 13.0. The Labute approximate surface area is 170 Å². The van der Waals surface area contributed by atoms with Crippen LogP contribution in [-0.4, -0.2) is 25.0 Å². The van der Waals surface area contributed by atoms with Gasteiger partial charge in [0, 0.05) is 22.0 Å². The summed E-state index contributed by atoms with van der Waals surface area (Å²) in [5.74, 6) is 0.286. The molecule has 0 saturated heterocycles. The van der Waals surface area contributed by atoms with Crippen molar-refractivity contribution in [3.05, 3.63) is 33.8 Å². The molecule has 1 amide bonds. The van der Waals surface area contributed by atoms with E-state index in [0.29, 0.717) is 29.1 Å². The molecule has 0 bridgehead atoms. The van der Waals surface area contributed by atoms with Gasteiger partial charge in [0.15, 0.2) is 5.96 Å². The summed E-state index contributed by atoms with van der Waals surface area (Å²) in [7, 11) is 0. The first-order valence-corrected chi connectivity index (χ1v) is 8.16. The lowest BCUT2D eigenvalue weighted by Crippen LogP contribution is -2.37. The van der Waals surface area contributed by atoms with Gasteiger partial charge in [0.25, 0.3) is 0 Å². The first kappa shape index (κ1) is 23.3. The molecule has 0 radical (unpaired) electrons. The largest absolute Gasteiger partial charge is 0.370 e. The van der Waals surface area contributed by atoms with Crippen LogP contribution in [-0.2, 0) is 4.79 Å². The number of hydrogen-bond donors (Lipinski definition) is 3. The Bertz CT molecular complexity index is 588. The Hall–Kier alpha value is -0.730. The third-order valence-electron chi connectivity index (χ3n) is 3.15. The SMILES string of the molecule is CC(NC(N)=NCCNC(=O)C(C)(C)C)c1ccc(Cl)cc1Cl.I. The summed E-state index contributed by atoms with van der Waals surface area (Å²) < 4.78 is 0. The molecule has 0 fully saturated rings. The van der Waals surface area contributed by atoms with E-state index in [2.05, 4.69) is 15.6 Å². The van der Waals surface area contributed by atoms with Gasteiger partial charge in [0.1, 0.15) is 0 Å². The Morgan fingerprint density at radius 1 is 1.33 bits per heavy atom. The number of nitrogens with two attached hydrogens (primary N) is 1. The molecule has 4 N–H and O–H groups in total. The highest BCUT2D eigenvalue weighted by atomic mass is 127. The van der Waals surface area contributed by atoms with E-state index in [1.807, 2.05) is 33.8 Å². The van der Waals surface area contributed by atoms with E-state index in [-0.39, 0.29) is 35.9 Å².